The maximum absolute atomic E-state index is 5.86. The van der Waals surface area contributed by atoms with Crippen molar-refractivity contribution in [2.24, 2.45) is 0 Å². The normalized spacial score (nSPS) is 29.9. The Balaban J connectivity index is 1.95. The standard InChI is InChI=1S/C10H12ClN3/c11-9-5-10(13-6-12-9)14-7-1-2-8(14)4-3-7/h5-8H,1-4H2. The molecule has 2 fully saturated rings. The highest BCUT2D eigenvalue weighted by Crippen LogP contribution is 2.40. The molecule has 0 amide bonds. The van der Waals surface area contributed by atoms with Crippen molar-refractivity contribution in [1.82, 2.24) is 9.97 Å². The van der Waals surface area contributed by atoms with Gasteiger partial charge in [-0.2, -0.15) is 0 Å². The summed E-state index contributed by atoms with van der Waals surface area (Å²) in [6, 6.07) is 3.27. The molecule has 2 aliphatic rings. The van der Waals surface area contributed by atoms with Crippen molar-refractivity contribution in [3.63, 3.8) is 0 Å². The van der Waals surface area contributed by atoms with E-state index in [2.05, 4.69) is 14.9 Å². The molecule has 14 heavy (non-hydrogen) atoms. The second-order valence-electron chi connectivity index (χ2n) is 4.07. The summed E-state index contributed by atoms with van der Waals surface area (Å²) in [5, 5.41) is 0.543. The predicted octanol–water partition coefficient (Wildman–Crippen LogP) is 2.26. The van der Waals surface area contributed by atoms with E-state index >= 15 is 0 Å². The van der Waals surface area contributed by atoms with Crippen molar-refractivity contribution in [3.05, 3.63) is 17.5 Å². The van der Waals surface area contributed by atoms with Crippen LogP contribution in [0.3, 0.4) is 0 Å². The monoisotopic (exact) mass is 209 g/mol. The topological polar surface area (TPSA) is 29.0 Å². The number of hydrogen-bond acceptors (Lipinski definition) is 3. The van der Waals surface area contributed by atoms with Gasteiger partial charge >= 0.3 is 0 Å². The molecule has 2 bridgehead atoms. The summed E-state index contributed by atoms with van der Waals surface area (Å²) in [5.41, 5.74) is 0. The van der Waals surface area contributed by atoms with Gasteiger partial charge in [-0.05, 0) is 25.7 Å². The third-order valence-corrected chi connectivity index (χ3v) is 3.54. The van der Waals surface area contributed by atoms with E-state index in [-0.39, 0.29) is 0 Å². The summed E-state index contributed by atoms with van der Waals surface area (Å²) < 4.78 is 0. The molecule has 2 aliphatic heterocycles. The van der Waals surface area contributed by atoms with Gasteiger partial charge in [0.05, 0.1) is 0 Å². The van der Waals surface area contributed by atoms with Crippen LogP contribution < -0.4 is 4.90 Å². The molecular weight excluding hydrogens is 198 g/mol. The van der Waals surface area contributed by atoms with Gasteiger partial charge in [-0.3, -0.25) is 0 Å². The van der Waals surface area contributed by atoms with Crippen LogP contribution in [0.1, 0.15) is 25.7 Å². The number of hydrogen-bond donors (Lipinski definition) is 0. The van der Waals surface area contributed by atoms with E-state index in [0.717, 1.165) is 5.82 Å². The zero-order valence-corrected chi connectivity index (χ0v) is 8.61. The van der Waals surface area contributed by atoms with Gasteiger partial charge in [0.25, 0.3) is 0 Å². The highest BCUT2D eigenvalue weighted by atomic mass is 35.5. The second kappa shape index (κ2) is 3.09. The fourth-order valence-corrected chi connectivity index (χ4v) is 2.89. The fraction of sp³-hybridized carbons (Fsp3) is 0.600. The van der Waals surface area contributed by atoms with Crippen molar-refractivity contribution in [2.45, 2.75) is 37.8 Å². The van der Waals surface area contributed by atoms with E-state index in [0.29, 0.717) is 17.2 Å². The molecule has 1 aromatic rings. The SMILES string of the molecule is Clc1cc(N2C3CCC2CC3)ncn1. The quantitative estimate of drug-likeness (QED) is 0.665. The van der Waals surface area contributed by atoms with Crippen molar-refractivity contribution in [1.29, 1.82) is 0 Å². The minimum atomic E-state index is 0.543. The average molecular weight is 210 g/mol. The molecule has 3 heterocycles. The largest absolute Gasteiger partial charge is 0.351 e. The minimum Gasteiger partial charge on any atom is -0.351 e. The Morgan fingerprint density at radius 1 is 1.14 bits per heavy atom. The summed E-state index contributed by atoms with van der Waals surface area (Å²) in [6.45, 7) is 0. The van der Waals surface area contributed by atoms with Crippen LogP contribution >= 0.6 is 11.6 Å². The van der Waals surface area contributed by atoms with Gasteiger partial charge in [-0.15, -0.1) is 0 Å². The van der Waals surface area contributed by atoms with E-state index in [1.165, 1.54) is 25.7 Å². The van der Waals surface area contributed by atoms with Crippen LogP contribution in [-0.2, 0) is 0 Å². The summed E-state index contributed by atoms with van der Waals surface area (Å²) in [6.07, 6.45) is 6.80. The van der Waals surface area contributed by atoms with E-state index in [9.17, 15) is 0 Å². The molecule has 0 aliphatic carbocycles. The fourth-order valence-electron chi connectivity index (χ4n) is 2.75. The van der Waals surface area contributed by atoms with Gasteiger partial charge in [0.15, 0.2) is 0 Å². The second-order valence-corrected chi connectivity index (χ2v) is 4.46. The average Bonchev–Trinajstić information content (AvgIpc) is 2.76. The van der Waals surface area contributed by atoms with Crippen LogP contribution in [0.2, 0.25) is 5.15 Å². The van der Waals surface area contributed by atoms with Crippen molar-refractivity contribution in [3.8, 4) is 0 Å². The maximum Gasteiger partial charge on any atom is 0.134 e. The van der Waals surface area contributed by atoms with Crippen LogP contribution in [0.4, 0.5) is 5.82 Å². The zero-order chi connectivity index (χ0) is 9.54. The molecule has 0 atom stereocenters. The lowest BCUT2D eigenvalue weighted by atomic mass is 10.0. The highest BCUT2D eigenvalue weighted by Gasteiger charge is 2.39. The highest BCUT2D eigenvalue weighted by molar-refractivity contribution is 6.29. The van der Waals surface area contributed by atoms with Crippen LogP contribution in [-0.4, -0.2) is 22.1 Å². The van der Waals surface area contributed by atoms with Gasteiger partial charge in [-0.25, -0.2) is 9.97 Å². The molecule has 3 nitrogen and oxygen atoms in total. The number of halogens is 1. The molecule has 0 saturated carbocycles. The van der Waals surface area contributed by atoms with Crippen molar-refractivity contribution >= 4 is 17.4 Å². The Hall–Kier alpha value is -0.830. The molecular formula is C10H12ClN3. The van der Waals surface area contributed by atoms with Crippen LogP contribution in [0.5, 0.6) is 0 Å². The number of fused-ring (bicyclic) bond motifs is 2. The lowest BCUT2D eigenvalue weighted by Crippen LogP contribution is -2.28. The molecule has 4 heteroatoms. The molecule has 0 spiro atoms. The summed E-state index contributed by atoms with van der Waals surface area (Å²) in [5.74, 6) is 1.01. The number of anilines is 1. The summed E-state index contributed by atoms with van der Waals surface area (Å²) in [4.78, 5) is 10.6. The predicted molar refractivity (Wildman–Crippen MR) is 55.6 cm³/mol. The first-order chi connectivity index (χ1) is 6.84. The van der Waals surface area contributed by atoms with Gasteiger partial charge < -0.3 is 4.90 Å². The first-order valence-corrected chi connectivity index (χ1v) is 5.48. The smallest absolute Gasteiger partial charge is 0.134 e. The van der Waals surface area contributed by atoms with Gasteiger partial charge in [-0.1, -0.05) is 11.6 Å². The molecule has 0 N–H and O–H groups in total. The van der Waals surface area contributed by atoms with Crippen LogP contribution in [0.25, 0.3) is 0 Å². The van der Waals surface area contributed by atoms with E-state index in [1.54, 1.807) is 6.33 Å². The number of rotatable bonds is 1. The molecule has 74 valence electrons. The molecule has 0 aromatic carbocycles. The first kappa shape index (κ1) is 8.48. The zero-order valence-electron chi connectivity index (χ0n) is 7.86. The minimum absolute atomic E-state index is 0.543. The van der Waals surface area contributed by atoms with Crippen molar-refractivity contribution in [2.75, 3.05) is 4.90 Å². The third-order valence-electron chi connectivity index (χ3n) is 3.34. The van der Waals surface area contributed by atoms with Crippen LogP contribution in [0, 0.1) is 0 Å². The summed E-state index contributed by atoms with van der Waals surface area (Å²) in [7, 11) is 0. The Morgan fingerprint density at radius 3 is 2.36 bits per heavy atom. The van der Waals surface area contributed by atoms with Crippen molar-refractivity contribution < 1.29 is 0 Å². The van der Waals surface area contributed by atoms with Gasteiger partial charge in [0.2, 0.25) is 0 Å². The Bertz CT molecular complexity index is 335. The van der Waals surface area contributed by atoms with Crippen LogP contribution in [0.15, 0.2) is 12.4 Å². The molecule has 1 aromatic heterocycles. The third kappa shape index (κ3) is 1.19. The van der Waals surface area contributed by atoms with E-state index < -0.39 is 0 Å². The molecule has 0 radical (unpaired) electrons. The Labute approximate surface area is 88.1 Å². The molecule has 3 rings (SSSR count). The maximum atomic E-state index is 5.86. The molecule has 0 unspecified atom stereocenters. The lowest BCUT2D eigenvalue weighted by molar-refractivity contribution is 0.576. The van der Waals surface area contributed by atoms with Gasteiger partial charge in [0.1, 0.15) is 17.3 Å². The van der Waals surface area contributed by atoms with E-state index in [1.807, 2.05) is 6.07 Å². The first-order valence-electron chi connectivity index (χ1n) is 5.10. The Kier molecular flexibility index (Phi) is 1.87. The summed E-state index contributed by atoms with van der Waals surface area (Å²) >= 11 is 5.86. The number of nitrogens with zero attached hydrogens (tertiary/aromatic N) is 3. The van der Waals surface area contributed by atoms with Gasteiger partial charge in [0, 0.05) is 18.2 Å². The Morgan fingerprint density at radius 2 is 1.79 bits per heavy atom. The number of aromatic nitrogens is 2. The van der Waals surface area contributed by atoms with E-state index in [4.69, 9.17) is 11.6 Å². The lowest BCUT2D eigenvalue weighted by Gasteiger charge is -2.22. The molecule has 2 saturated heterocycles.